The molecule has 0 aliphatic carbocycles. The lowest BCUT2D eigenvalue weighted by atomic mass is 10.2. The first-order chi connectivity index (χ1) is 13.8. The molecule has 0 radical (unpaired) electrons. The Labute approximate surface area is 172 Å². The molecule has 3 aromatic heterocycles. The minimum Gasteiger partial charge on any atom is -0.346 e. The van der Waals surface area contributed by atoms with E-state index in [0.29, 0.717) is 34.8 Å². The number of likely N-dealkylation sites (tertiary alicyclic amines) is 1. The van der Waals surface area contributed by atoms with Gasteiger partial charge in [0.15, 0.2) is 15.5 Å². The van der Waals surface area contributed by atoms with Crippen LogP contribution in [0.1, 0.15) is 35.6 Å². The van der Waals surface area contributed by atoms with Crippen LogP contribution in [0.5, 0.6) is 0 Å². The third kappa shape index (κ3) is 4.08. The second kappa shape index (κ2) is 7.68. The fraction of sp³-hybridized carbons (Fsp3) is 0.368. The van der Waals surface area contributed by atoms with Gasteiger partial charge < -0.3 is 10.2 Å². The summed E-state index contributed by atoms with van der Waals surface area (Å²) < 4.78 is 24.4. The summed E-state index contributed by atoms with van der Waals surface area (Å²) in [7, 11) is -3.18. The third-order valence-electron chi connectivity index (χ3n) is 5.02. The summed E-state index contributed by atoms with van der Waals surface area (Å²) in [5.41, 5.74) is 1.82. The number of aromatic nitrogens is 3. The number of nitrogens with one attached hydrogen (secondary N) is 1. The Morgan fingerprint density at radius 1 is 1.31 bits per heavy atom. The summed E-state index contributed by atoms with van der Waals surface area (Å²) in [4.78, 5) is 28.1. The van der Waals surface area contributed by atoms with Crippen LogP contribution in [-0.2, 0) is 9.84 Å². The van der Waals surface area contributed by atoms with E-state index in [1.54, 1.807) is 11.1 Å². The molecule has 29 heavy (non-hydrogen) atoms. The van der Waals surface area contributed by atoms with E-state index in [-0.39, 0.29) is 18.5 Å². The van der Waals surface area contributed by atoms with Crippen molar-refractivity contribution < 1.29 is 13.2 Å². The SMILES string of the molecule is C[C@H](Nc1nc(C(=O)N2CC[C@H](S(C)(=O)=O)C2)c2sccc2n1)c1ccccn1. The normalized spacial score (nSPS) is 18.1. The predicted octanol–water partition coefficient (Wildman–Crippen LogP) is 2.52. The number of rotatable bonds is 5. The number of anilines is 1. The standard InChI is InChI=1S/C19H21N5O3S2/c1-12(14-5-3-4-8-20-14)21-19-22-15-7-10-28-17(15)16(23-19)18(25)24-9-6-13(11-24)29(2,26)27/h3-5,7-8,10,12-13H,6,9,11H2,1-2H3,(H,21,22,23)/t12-,13-/m0/s1. The molecule has 1 saturated heterocycles. The molecule has 4 heterocycles. The molecule has 0 saturated carbocycles. The van der Waals surface area contributed by atoms with Crippen molar-refractivity contribution in [2.45, 2.75) is 24.6 Å². The van der Waals surface area contributed by atoms with Gasteiger partial charge in [0.1, 0.15) is 0 Å². The summed E-state index contributed by atoms with van der Waals surface area (Å²) >= 11 is 1.40. The zero-order valence-electron chi connectivity index (χ0n) is 16.1. The number of carbonyl (C=O) groups excluding carboxylic acids is 1. The lowest BCUT2D eigenvalue weighted by Crippen LogP contribution is -2.32. The van der Waals surface area contributed by atoms with Gasteiger partial charge in [-0.1, -0.05) is 6.07 Å². The average Bonchev–Trinajstić information content (AvgIpc) is 3.37. The van der Waals surface area contributed by atoms with E-state index in [0.717, 1.165) is 5.69 Å². The predicted molar refractivity (Wildman–Crippen MR) is 113 cm³/mol. The van der Waals surface area contributed by atoms with Gasteiger partial charge in [-0.15, -0.1) is 11.3 Å². The minimum absolute atomic E-state index is 0.142. The molecular weight excluding hydrogens is 410 g/mol. The molecule has 152 valence electrons. The van der Waals surface area contributed by atoms with E-state index in [1.165, 1.54) is 17.6 Å². The molecule has 0 aromatic carbocycles. The van der Waals surface area contributed by atoms with Gasteiger partial charge in [0.25, 0.3) is 5.91 Å². The first-order valence-corrected chi connectivity index (χ1v) is 12.1. The summed E-state index contributed by atoms with van der Waals surface area (Å²) in [6.07, 6.45) is 3.39. The van der Waals surface area contributed by atoms with Crippen LogP contribution in [-0.4, -0.2) is 58.8 Å². The van der Waals surface area contributed by atoms with Crippen molar-refractivity contribution >= 4 is 43.2 Å². The average molecular weight is 432 g/mol. The quantitative estimate of drug-likeness (QED) is 0.662. The summed E-state index contributed by atoms with van der Waals surface area (Å²) in [6.45, 7) is 2.55. The van der Waals surface area contributed by atoms with E-state index in [9.17, 15) is 13.2 Å². The van der Waals surface area contributed by atoms with Crippen LogP contribution in [0.3, 0.4) is 0 Å². The number of thiophene rings is 1. The molecule has 4 rings (SSSR count). The van der Waals surface area contributed by atoms with Crippen LogP contribution < -0.4 is 5.32 Å². The number of carbonyl (C=O) groups is 1. The van der Waals surface area contributed by atoms with Crippen LogP contribution in [0.15, 0.2) is 35.8 Å². The number of fused-ring (bicyclic) bond motifs is 1. The second-order valence-electron chi connectivity index (χ2n) is 7.14. The monoisotopic (exact) mass is 431 g/mol. The van der Waals surface area contributed by atoms with Crippen molar-refractivity contribution in [1.29, 1.82) is 0 Å². The van der Waals surface area contributed by atoms with Crippen molar-refractivity contribution in [1.82, 2.24) is 19.9 Å². The number of amides is 1. The number of hydrogen-bond donors (Lipinski definition) is 1. The Bertz CT molecular complexity index is 1150. The molecule has 0 bridgehead atoms. The Hall–Kier alpha value is -2.59. The molecule has 1 aliphatic rings. The van der Waals surface area contributed by atoms with Crippen LogP contribution in [0.2, 0.25) is 0 Å². The van der Waals surface area contributed by atoms with Gasteiger partial charge in [-0.2, -0.15) is 0 Å². The first kappa shape index (κ1) is 19.7. The second-order valence-corrected chi connectivity index (χ2v) is 10.4. The van der Waals surface area contributed by atoms with Gasteiger partial charge in [0.05, 0.1) is 27.2 Å². The lowest BCUT2D eigenvalue weighted by molar-refractivity contribution is 0.0789. The third-order valence-corrected chi connectivity index (χ3v) is 7.53. The molecule has 1 N–H and O–H groups in total. The molecule has 10 heteroatoms. The van der Waals surface area contributed by atoms with E-state index >= 15 is 0 Å². The Balaban J connectivity index is 1.62. The van der Waals surface area contributed by atoms with Gasteiger partial charge in [-0.3, -0.25) is 9.78 Å². The highest BCUT2D eigenvalue weighted by Crippen LogP contribution is 2.27. The summed E-state index contributed by atoms with van der Waals surface area (Å²) in [5, 5.41) is 4.56. The highest BCUT2D eigenvalue weighted by atomic mass is 32.2. The fourth-order valence-electron chi connectivity index (χ4n) is 3.38. The van der Waals surface area contributed by atoms with E-state index in [1.807, 2.05) is 36.6 Å². The molecular formula is C19H21N5O3S2. The molecule has 2 atom stereocenters. The first-order valence-electron chi connectivity index (χ1n) is 9.24. The highest BCUT2D eigenvalue weighted by molar-refractivity contribution is 7.91. The topological polar surface area (TPSA) is 105 Å². The molecule has 1 amide bonds. The van der Waals surface area contributed by atoms with Crippen LogP contribution in [0.25, 0.3) is 10.2 Å². The molecule has 8 nitrogen and oxygen atoms in total. The van der Waals surface area contributed by atoms with Gasteiger partial charge >= 0.3 is 0 Å². The maximum Gasteiger partial charge on any atom is 0.274 e. The molecule has 0 spiro atoms. The number of pyridine rings is 1. The highest BCUT2D eigenvalue weighted by Gasteiger charge is 2.34. The Morgan fingerprint density at radius 3 is 2.83 bits per heavy atom. The van der Waals surface area contributed by atoms with Crippen molar-refractivity contribution in [3.05, 3.63) is 47.2 Å². The van der Waals surface area contributed by atoms with Crippen LogP contribution in [0, 0.1) is 0 Å². The Morgan fingerprint density at radius 2 is 2.14 bits per heavy atom. The van der Waals surface area contributed by atoms with E-state index in [4.69, 9.17) is 0 Å². The summed E-state index contributed by atoms with van der Waals surface area (Å²) in [6, 6.07) is 7.36. The van der Waals surface area contributed by atoms with Crippen molar-refractivity contribution in [2.75, 3.05) is 24.7 Å². The fourth-order valence-corrected chi connectivity index (χ4v) is 5.18. The van der Waals surface area contributed by atoms with Crippen LogP contribution >= 0.6 is 11.3 Å². The molecule has 1 fully saturated rings. The lowest BCUT2D eigenvalue weighted by Gasteiger charge is -2.18. The largest absolute Gasteiger partial charge is 0.346 e. The van der Waals surface area contributed by atoms with Crippen LogP contribution in [0.4, 0.5) is 5.95 Å². The van der Waals surface area contributed by atoms with Crippen molar-refractivity contribution in [2.24, 2.45) is 0 Å². The number of nitrogens with zero attached hydrogens (tertiary/aromatic N) is 4. The van der Waals surface area contributed by atoms with Gasteiger partial charge in [0, 0.05) is 25.5 Å². The Kier molecular flexibility index (Phi) is 5.22. The minimum atomic E-state index is -3.18. The zero-order chi connectivity index (χ0) is 20.6. The summed E-state index contributed by atoms with van der Waals surface area (Å²) in [5.74, 6) is 0.0794. The smallest absolute Gasteiger partial charge is 0.274 e. The zero-order valence-corrected chi connectivity index (χ0v) is 17.7. The molecule has 0 unspecified atom stereocenters. The van der Waals surface area contributed by atoms with E-state index < -0.39 is 15.1 Å². The van der Waals surface area contributed by atoms with Gasteiger partial charge in [-0.05, 0) is 36.9 Å². The maximum atomic E-state index is 13.1. The van der Waals surface area contributed by atoms with Gasteiger partial charge in [0.2, 0.25) is 5.95 Å². The van der Waals surface area contributed by atoms with Gasteiger partial charge in [-0.25, -0.2) is 18.4 Å². The van der Waals surface area contributed by atoms with Crippen molar-refractivity contribution in [3.8, 4) is 0 Å². The molecule has 1 aliphatic heterocycles. The van der Waals surface area contributed by atoms with E-state index in [2.05, 4.69) is 20.3 Å². The number of hydrogen-bond acceptors (Lipinski definition) is 8. The maximum absolute atomic E-state index is 13.1. The molecule has 3 aromatic rings. The number of sulfone groups is 1. The van der Waals surface area contributed by atoms with Crippen molar-refractivity contribution in [3.63, 3.8) is 0 Å².